The summed E-state index contributed by atoms with van der Waals surface area (Å²) in [7, 11) is 0. The van der Waals surface area contributed by atoms with Gasteiger partial charge >= 0.3 is 0 Å². The van der Waals surface area contributed by atoms with Crippen LogP contribution in [0, 0.1) is 0 Å². The molecule has 3 nitrogen and oxygen atoms in total. The molecule has 0 amide bonds. The average Bonchev–Trinajstić information content (AvgIpc) is 2.54. The van der Waals surface area contributed by atoms with E-state index in [-0.39, 0.29) is 6.23 Å². The maximum Gasteiger partial charge on any atom is 0.239 e. The van der Waals surface area contributed by atoms with Crippen LogP contribution in [0.3, 0.4) is 0 Å². The molecule has 13 heavy (non-hydrogen) atoms. The molecule has 3 heteroatoms. The molecule has 1 unspecified atom stereocenters. The highest BCUT2D eigenvalue weighted by molar-refractivity contribution is 5.96. The first kappa shape index (κ1) is 9.58. The van der Waals surface area contributed by atoms with Crippen molar-refractivity contribution in [2.24, 2.45) is 5.10 Å². The summed E-state index contributed by atoms with van der Waals surface area (Å²) >= 11 is 0. The topological polar surface area (TPSA) is 33.6 Å². The second kappa shape index (κ2) is 4.50. The standard InChI is InChI=1S/C10H14N2O/c1-4-6-7-9(5-2)10-12-11-8(3)13-10/h4-8,11H,1H2,2-3H3/b7-6-,9-5+. The van der Waals surface area contributed by atoms with Crippen LogP contribution in [0.15, 0.2) is 41.6 Å². The summed E-state index contributed by atoms with van der Waals surface area (Å²) in [5.41, 5.74) is 3.78. The van der Waals surface area contributed by atoms with Crippen LogP contribution in [0.1, 0.15) is 13.8 Å². The van der Waals surface area contributed by atoms with Gasteiger partial charge in [0.05, 0.1) is 0 Å². The van der Waals surface area contributed by atoms with E-state index >= 15 is 0 Å². The molecule has 1 aliphatic rings. The zero-order valence-corrected chi connectivity index (χ0v) is 7.95. The predicted molar refractivity (Wildman–Crippen MR) is 54.2 cm³/mol. The van der Waals surface area contributed by atoms with Crippen molar-refractivity contribution in [2.45, 2.75) is 20.1 Å². The molecule has 1 rings (SSSR count). The van der Waals surface area contributed by atoms with Crippen LogP contribution in [-0.4, -0.2) is 12.1 Å². The maximum absolute atomic E-state index is 5.40. The Hall–Kier alpha value is -1.51. The Morgan fingerprint density at radius 3 is 2.92 bits per heavy atom. The Labute approximate surface area is 78.5 Å². The lowest BCUT2D eigenvalue weighted by Gasteiger charge is -2.04. The van der Waals surface area contributed by atoms with Crippen molar-refractivity contribution >= 4 is 5.90 Å². The number of hydrogen-bond donors (Lipinski definition) is 1. The van der Waals surface area contributed by atoms with Gasteiger partial charge in [0.25, 0.3) is 0 Å². The number of nitrogens with zero attached hydrogens (tertiary/aromatic N) is 1. The minimum atomic E-state index is -0.0397. The van der Waals surface area contributed by atoms with Gasteiger partial charge in [-0.3, -0.25) is 5.43 Å². The fraction of sp³-hybridized carbons (Fsp3) is 0.300. The van der Waals surface area contributed by atoms with Gasteiger partial charge in [0.15, 0.2) is 6.23 Å². The van der Waals surface area contributed by atoms with E-state index in [9.17, 15) is 0 Å². The lowest BCUT2D eigenvalue weighted by Crippen LogP contribution is -2.16. The Morgan fingerprint density at radius 1 is 1.69 bits per heavy atom. The van der Waals surface area contributed by atoms with Crippen molar-refractivity contribution in [3.05, 3.63) is 36.5 Å². The zero-order chi connectivity index (χ0) is 9.68. The van der Waals surface area contributed by atoms with Gasteiger partial charge in [-0.1, -0.05) is 24.8 Å². The fourth-order valence-corrected chi connectivity index (χ4v) is 0.965. The molecule has 0 saturated heterocycles. The number of hydrogen-bond acceptors (Lipinski definition) is 3. The van der Waals surface area contributed by atoms with Crippen molar-refractivity contribution < 1.29 is 4.74 Å². The van der Waals surface area contributed by atoms with Crippen molar-refractivity contribution in [3.8, 4) is 0 Å². The van der Waals surface area contributed by atoms with E-state index in [0.717, 1.165) is 5.57 Å². The average molecular weight is 178 g/mol. The van der Waals surface area contributed by atoms with Crippen molar-refractivity contribution in [2.75, 3.05) is 0 Å². The summed E-state index contributed by atoms with van der Waals surface area (Å²) in [5.74, 6) is 0.633. The SMILES string of the molecule is C=C/C=C\C(=C/C)C1=NNC(C)O1. The molecular weight excluding hydrogens is 164 g/mol. The monoisotopic (exact) mass is 178 g/mol. The second-order valence-corrected chi connectivity index (χ2v) is 2.64. The molecule has 0 aromatic rings. The van der Waals surface area contributed by atoms with Crippen LogP contribution in [0.5, 0.6) is 0 Å². The van der Waals surface area contributed by atoms with Crippen LogP contribution in [-0.2, 0) is 4.74 Å². The van der Waals surface area contributed by atoms with Crippen LogP contribution >= 0.6 is 0 Å². The normalized spacial score (nSPS) is 22.5. The molecule has 0 spiro atoms. The van der Waals surface area contributed by atoms with E-state index in [1.165, 1.54) is 0 Å². The first-order valence-corrected chi connectivity index (χ1v) is 4.23. The van der Waals surface area contributed by atoms with E-state index in [0.29, 0.717) is 5.90 Å². The predicted octanol–water partition coefficient (Wildman–Crippen LogP) is 1.95. The third kappa shape index (κ3) is 2.47. The molecule has 70 valence electrons. The molecule has 0 bridgehead atoms. The minimum absolute atomic E-state index is 0.0397. The molecule has 0 radical (unpaired) electrons. The summed E-state index contributed by atoms with van der Waals surface area (Å²) < 4.78 is 5.40. The maximum atomic E-state index is 5.40. The zero-order valence-electron chi connectivity index (χ0n) is 7.95. The summed E-state index contributed by atoms with van der Waals surface area (Å²) in [6, 6.07) is 0. The van der Waals surface area contributed by atoms with Gasteiger partial charge in [0.1, 0.15) is 0 Å². The Morgan fingerprint density at radius 2 is 2.46 bits per heavy atom. The number of hydrazone groups is 1. The molecule has 0 aromatic heterocycles. The van der Waals surface area contributed by atoms with Crippen LogP contribution < -0.4 is 5.43 Å². The summed E-state index contributed by atoms with van der Waals surface area (Å²) in [6.07, 6.45) is 7.38. The molecule has 1 heterocycles. The first-order chi connectivity index (χ1) is 6.27. The molecule has 0 fully saturated rings. The third-order valence-electron chi connectivity index (χ3n) is 1.61. The highest BCUT2D eigenvalue weighted by atomic mass is 16.5. The quantitative estimate of drug-likeness (QED) is 0.670. The fourth-order valence-electron chi connectivity index (χ4n) is 0.965. The van der Waals surface area contributed by atoms with Crippen LogP contribution in [0.4, 0.5) is 0 Å². The van der Waals surface area contributed by atoms with Gasteiger partial charge in [-0.15, -0.1) is 5.10 Å². The number of allylic oxidation sites excluding steroid dienone is 3. The van der Waals surface area contributed by atoms with Gasteiger partial charge in [-0.2, -0.15) is 0 Å². The number of nitrogens with one attached hydrogen (secondary N) is 1. The van der Waals surface area contributed by atoms with E-state index in [1.54, 1.807) is 6.08 Å². The summed E-state index contributed by atoms with van der Waals surface area (Å²) in [4.78, 5) is 0. The molecule has 1 N–H and O–H groups in total. The molecule has 1 aliphatic heterocycles. The van der Waals surface area contributed by atoms with Crippen molar-refractivity contribution in [1.29, 1.82) is 0 Å². The lowest BCUT2D eigenvalue weighted by molar-refractivity contribution is 0.209. The van der Waals surface area contributed by atoms with Crippen LogP contribution in [0.2, 0.25) is 0 Å². The molecule has 1 atom stereocenters. The molecule has 0 aromatic carbocycles. The smallest absolute Gasteiger partial charge is 0.239 e. The van der Waals surface area contributed by atoms with Gasteiger partial charge < -0.3 is 4.74 Å². The summed E-state index contributed by atoms with van der Waals surface area (Å²) in [6.45, 7) is 7.44. The van der Waals surface area contributed by atoms with Gasteiger partial charge in [-0.25, -0.2) is 0 Å². The van der Waals surface area contributed by atoms with E-state index in [1.807, 2.05) is 32.1 Å². The first-order valence-electron chi connectivity index (χ1n) is 4.23. The van der Waals surface area contributed by atoms with Crippen molar-refractivity contribution in [1.82, 2.24) is 5.43 Å². The van der Waals surface area contributed by atoms with E-state index in [4.69, 9.17) is 4.74 Å². The van der Waals surface area contributed by atoms with Crippen LogP contribution in [0.25, 0.3) is 0 Å². The lowest BCUT2D eigenvalue weighted by atomic mass is 10.2. The molecule has 0 aliphatic carbocycles. The Bertz CT molecular complexity index is 277. The third-order valence-corrected chi connectivity index (χ3v) is 1.61. The highest BCUT2D eigenvalue weighted by Crippen LogP contribution is 2.08. The number of rotatable bonds is 3. The van der Waals surface area contributed by atoms with E-state index in [2.05, 4.69) is 17.1 Å². The van der Waals surface area contributed by atoms with Gasteiger partial charge in [0.2, 0.25) is 5.90 Å². The Kier molecular flexibility index (Phi) is 3.31. The van der Waals surface area contributed by atoms with Crippen molar-refractivity contribution in [3.63, 3.8) is 0 Å². The van der Waals surface area contributed by atoms with E-state index < -0.39 is 0 Å². The molecule has 0 saturated carbocycles. The van der Waals surface area contributed by atoms with Gasteiger partial charge in [-0.05, 0) is 19.9 Å². The minimum Gasteiger partial charge on any atom is -0.451 e. The molecular formula is C10H14N2O. The second-order valence-electron chi connectivity index (χ2n) is 2.64. The Balaban J connectivity index is 2.69. The van der Waals surface area contributed by atoms with Gasteiger partial charge in [0, 0.05) is 5.57 Å². The highest BCUT2D eigenvalue weighted by Gasteiger charge is 2.15. The number of ether oxygens (including phenoxy) is 1. The summed E-state index contributed by atoms with van der Waals surface area (Å²) in [5, 5.41) is 4.03. The largest absolute Gasteiger partial charge is 0.451 e.